The van der Waals surface area contributed by atoms with Gasteiger partial charge in [0.15, 0.2) is 10.1 Å². The van der Waals surface area contributed by atoms with Crippen LogP contribution in [0.2, 0.25) is 5.15 Å². The molecule has 1 aliphatic rings. The molecule has 7 heteroatoms. The molecule has 1 aliphatic heterocycles. The van der Waals surface area contributed by atoms with Gasteiger partial charge in [-0.1, -0.05) is 17.7 Å². The Morgan fingerprint density at radius 3 is 3.25 bits per heavy atom. The van der Waals surface area contributed by atoms with Crippen molar-refractivity contribution in [3.63, 3.8) is 0 Å². The van der Waals surface area contributed by atoms with E-state index in [1.807, 2.05) is 29.9 Å². The third kappa shape index (κ3) is 3.47. The van der Waals surface area contributed by atoms with Gasteiger partial charge in [0.1, 0.15) is 0 Å². The minimum absolute atomic E-state index is 0.253. The van der Waals surface area contributed by atoms with E-state index in [0.717, 1.165) is 48.7 Å². The lowest BCUT2D eigenvalue weighted by molar-refractivity contribution is -0.0124. The molecule has 0 aliphatic carbocycles. The van der Waals surface area contributed by atoms with E-state index >= 15 is 0 Å². The molecule has 0 amide bonds. The Labute approximate surface area is 149 Å². The van der Waals surface area contributed by atoms with Crippen molar-refractivity contribution in [1.29, 1.82) is 0 Å². The maximum atomic E-state index is 6.32. The number of ether oxygens (including phenoxy) is 1. The zero-order chi connectivity index (χ0) is 16.4. The average molecular weight is 363 g/mol. The van der Waals surface area contributed by atoms with Gasteiger partial charge in [0.25, 0.3) is 0 Å². The molecule has 3 aromatic heterocycles. The van der Waals surface area contributed by atoms with Crippen molar-refractivity contribution in [2.75, 3.05) is 13.1 Å². The molecule has 3 aromatic rings. The molecule has 126 valence electrons. The number of fused-ring (bicyclic) bond motifs is 1. The number of hydrogen-bond acceptors (Lipinski definition) is 5. The molecule has 24 heavy (non-hydrogen) atoms. The molecule has 0 N–H and O–H groups in total. The van der Waals surface area contributed by atoms with Crippen LogP contribution >= 0.6 is 22.9 Å². The van der Waals surface area contributed by atoms with E-state index in [0.29, 0.717) is 11.8 Å². The predicted octanol–water partition coefficient (Wildman–Crippen LogP) is 3.63. The van der Waals surface area contributed by atoms with Crippen molar-refractivity contribution in [3.8, 4) is 0 Å². The van der Waals surface area contributed by atoms with E-state index in [9.17, 15) is 0 Å². The summed E-state index contributed by atoms with van der Waals surface area (Å²) in [5, 5.41) is 2.65. The highest BCUT2D eigenvalue weighted by molar-refractivity contribution is 7.15. The molecule has 1 atom stereocenters. The van der Waals surface area contributed by atoms with Crippen LogP contribution in [-0.2, 0) is 17.9 Å². The number of likely N-dealkylation sites (tertiary alicyclic amines) is 1. The highest BCUT2D eigenvalue weighted by Crippen LogP contribution is 2.24. The van der Waals surface area contributed by atoms with Crippen LogP contribution in [0.3, 0.4) is 0 Å². The largest absolute Gasteiger partial charge is 0.372 e. The molecule has 1 saturated heterocycles. The summed E-state index contributed by atoms with van der Waals surface area (Å²) in [6.45, 7) is 3.42. The zero-order valence-corrected chi connectivity index (χ0v) is 14.8. The quantitative estimate of drug-likeness (QED) is 0.695. The van der Waals surface area contributed by atoms with Gasteiger partial charge in [0.05, 0.1) is 18.4 Å². The molecule has 4 rings (SSSR count). The van der Waals surface area contributed by atoms with Crippen LogP contribution in [-0.4, -0.2) is 38.5 Å². The molecular formula is C17H19ClN4OS. The van der Waals surface area contributed by atoms with Crippen LogP contribution in [0.15, 0.2) is 36.1 Å². The van der Waals surface area contributed by atoms with Gasteiger partial charge in [-0.05, 0) is 31.0 Å². The molecular weight excluding hydrogens is 344 g/mol. The third-order valence-electron chi connectivity index (χ3n) is 4.36. The maximum absolute atomic E-state index is 6.32. The first-order valence-corrected chi connectivity index (χ1v) is 9.38. The number of hydrogen-bond donors (Lipinski definition) is 0. The Morgan fingerprint density at radius 2 is 2.38 bits per heavy atom. The second-order valence-corrected chi connectivity index (χ2v) is 7.31. The number of piperidine rings is 1. The van der Waals surface area contributed by atoms with Crippen molar-refractivity contribution in [2.45, 2.75) is 32.1 Å². The Bertz CT molecular complexity index is 803. The Hall–Kier alpha value is -1.47. The van der Waals surface area contributed by atoms with Crippen LogP contribution in [0.5, 0.6) is 0 Å². The van der Waals surface area contributed by atoms with E-state index in [1.165, 1.54) is 0 Å². The van der Waals surface area contributed by atoms with Gasteiger partial charge >= 0.3 is 0 Å². The summed E-state index contributed by atoms with van der Waals surface area (Å²) < 4.78 is 8.18. The summed E-state index contributed by atoms with van der Waals surface area (Å²) in [5.74, 6) is 0. The molecule has 1 fully saturated rings. The van der Waals surface area contributed by atoms with E-state index in [4.69, 9.17) is 16.3 Å². The summed E-state index contributed by atoms with van der Waals surface area (Å²) in [7, 11) is 0. The van der Waals surface area contributed by atoms with E-state index in [1.54, 1.807) is 17.5 Å². The predicted molar refractivity (Wildman–Crippen MR) is 95.4 cm³/mol. The van der Waals surface area contributed by atoms with Gasteiger partial charge in [0, 0.05) is 37.1 Å². The highest BCUT2D eigenvalue weighted by Gasteiger charge is 2.23. The molecule has 0 bridgehead atoms. The van der Waals surface area contributed by atoms with Crippen molar-refractivity contribution in [3.05, 3.63) is 52.5 Å². The average Bonchev–Trinajstić information content (AvgIpc) is 3.17. The fourth-order valence-corrected chi connectivity index (χ4v) is 4.16. The van der Waals surface area contributed by atoms with Gasteiger partial charge < -0.3 is 4.74 Å². The van der Waals surface area contributed by atoms with Gasteiger partial charge in [-0.25, -0.2) is 4.98 Å². The lowest BCUT2D eigenvalue weighted by Gasteiger charge is -2.32. The Kier molecular flexibility index (Phi) is 4.80. The first-order valence-electron chi connectivity index (χ1n) is 8.12. The minimum Gasteiger partial charge on any atom is -0.372 e. The number of thiazole rings is 1. The summed E-state index contributed by atoms with van der Waals surface area (Å²) in [5.41, 5.74) is 2.19. The third-order valence-corrected chi connectivity index (χ3v) is 5.42. The lowest BCUT2D eigenvalue weighted by Crippen LogP contribution is -2.39. The molecule has 0 radical (unpaired) electrons. The Morgan fingerprint density at radius 1 is 1.42 bits per heavy atom. The van der Waals surface area contributed by atoms with Gasteiger partial charge in [-0.15, -0.1) is 11.3 Å². The van der Waals surface area contributed by atoms with E-state index in [2.05, 4.69) is 19.3 Å². The van der Waals surface area contributed by atoms with Gasteiger partial charge in [-0.3, -0.25) is 14.3 Å². The minimum atomic E-state index is 0.253. The van der Waals surface area contributed by atoms with Crippen molar-refractivity contribution in [1.82, 2.24) is 19.3 Å². The van der Waals surface area contributed by atoms with Crippen LogP contribution in [0, 0.1) is 0 Å². The second-order valence-electron chi connectivity index (χ2n) is 6.08. The van der Waals surface area contributed by atoms with Crippen molar-refractivity contribution >= 4 is 27.9 Å². The molecule has 0 aromatic carbocycles. The first-order chi connectivity index (χ1) is 11.8. The molecule has 0 spiro atoms. The first kappa shape index (κ1) is 16.0. The summed E-state index contributed by atoms with van der Waals surface area (Å²) >= 11 is 7.92. The topological polar surface area (TPSA) is 42.7 Å². The smallest absolute Gasteiger partial charge is 0.195 e. The van der Waals surface area contributed by atoms with Crippen LogP contribution < -0.4 is 0 Å². The molecule has 4 heterocycles. The van der Waals surface area contributed by atoms with Crippen LogP contribution in [0.1, 0.15) is 24.1 Å². The van der Waals surface area contributed by atoms with Crippen LogP contribution in [0.25, 0.3) is 4.96 Å². The lowest BCUT2D eigenvalue weighted by atomic mass is 10.1. The highest BCUT2D eigenvalue weighted by atomic mass is 35.5. The van der Waals surface area contributed by atoms with E-state index in [-0.39, 0.29) is 6.10 Å². The van der Waals surface area contributed by atoms with E-state index < -0.39 is 0 Å². The number of aromatic nitrogens is 3. The van der Waals surface area contributed by atoms with Gasteiger partial charge in [-0.2, -0.15) is 0 Å². The number of halogens is 1. The summed E-state index contributed by atoms with van der Waals surface area (Å²) in [6.07, 6.45) is 8.18. The summed E-state index contributed by atoms with van der Waals surface area (Å²) in [6, 6.07) is 3.99. The molecule has 0 saturated carbocycles. The SMILES string of the molecule is Clc1nc2sccn2c1CN1CCCC(OCc2cccnc2)C1. The fraction of sp³-hybridized carbons (Fsp3) is 0.412. The normalized spacial score (nSPS) is 19.1. The second kappa shape index (κ2) is 7.19. The number of rotatable bonds is 5. The number of pyridine rings is 1. The maximum Gasteiger partial charge on any atom is 0.195 e. The monoisotopic (exact) mass is 362 g/mol. The van der Waals surface area contributed by atoms with Crippen molar-refractivity contribution < 1.29 is 4.74 Å². The fourth-order valence-electron chi connectivity index (χ4n) is 3.15. The molecule has 5 nitrogen and oxygen atoms in total. The van der Waals surface area contributed by atoms with Crippen molar-refractivity contribution in [2.24, 2.45) is 0 Å². The summed E-state index contributed by atoms with van der Waals surface area (Å²) in [4.78, 5) is 11.9. The number of nitrogens with zero attached hydrogens (tertiary/aromatic N) is 4. The number of imidazole rings is 1. The Balaban J connectivity index is 1.38. The standard InChI is InChI=1S/C17H19ClN4OS/c18-16-15(22-7-8-24-17(22)20-16)11-21-6-2-4-14(10-21)23-12-13-3-1-5-19-9-13/h1,3,5,7-9,14H,2,4,6,10-12H2. The van der Waals surface area contributed by atoms with Gasteiger partial charge in [0.2, 0.25) is 0 Å². The molecule has 1 unspecified atom stereocenters. The zero-order valence-electron chi connectivity index (χ0n) is 13.3. The van der Waals surface area contributed by atoms with Crippen LogP contribution in [0.4, 0.5) is 0 Å².